The number of aryl methyl sites for hydroxylation is 3. The van der Waals surface area contributed by atoms with Gasteiger partial charge in [-0.25, -0.2) is 0 Å². The summed E-state index contributed by atoms with van der Waals surface area (Å²) in [6, 6.07) is 11.0. The third-order valence-electron chi connectivity index (χ3n) is 3.76. The topological polar surface area (TPSA) is 37.4 Å². The van der Waals surface area contributed by atoms with Gasteiger partial charge in [0.25, 0.3) is 0 Å². The standard InChI is InChI=1S/C19H21NO2/c1-12-10-13(2)17(14(3)11-12)19(22)18(21)15-6-8-16(9-7-15)20(4)5/h6-11H,1-5H3. The zero-order chi connectivity index (χ0) is 16.4. The maximum absolute atomic E-state index is 12.6. The van der Waals surface area contributed by atoms with Crippen LogP contribution in [-0.2, 0) is 0 Å². The Morgan fingerprint density at radius 2 is 1.32 bits per heavy atom. The SMILES string of the molecule is Cc1cc(C)c(C(=O)C(=O)c2ccc(N(C)C)cc2)c(C)c1. The van der Waals surface area contributed by atoms with Crippen LogP contribution in [-0.4, -0.2) is 25.7 Å². The third-order valence-corrected chi connectivity index (χ3v) is 3.76. The minimum Gasteiger partial charge on any atom is -0.378 e. The van der Waals surface area contributed by atoms with Crippen LogP contribution in [0.4, 0.5) is 5.69 Å². The van der Waals surface area contributed by atoms with Gasteiger partial charge in [0, 0.05) is 30.9 Å². The average molecular weight is 295 g/mol. The first-order valence-corrected chi connectivity index (χ1v) is 7.25. The number of Topliss-reactive ketones (excluding diaryl/α,β-unsaturated/α-hetero) is 2. The van der Waals surface area contributed by atoms with Gasteiger partial charge >= 0.3 is 0 Å². The van der Waals surface area contributed by atoms with Crippen molar-refractivity contribution in [2.24, 2.45) is 0 Å². The summed E-state index contributed by atoms with van der Waals surface area (Å²) in [4.78, 5) is 27.0. The molecule has 0 aliphatic rings. The molecule has 0 radical (unpaired) electrons. The molecule has 0 saturated heterocycles. The van der Waals surface area contributed by atoms with Crippen molar-refractivity contribution < 1.29 is 9.59 Å². The Morgan fingerprint density at radius 1 is 0.818 bits per heavy atom. The van der Waals surface area contributed by atoms with Gasteiger partial charge in [-0.2, -0.15) is 0 Å². The van der Waals surface area contributed by atoms with Crippen LogP contribution >= 0.6 is 0 Å². The van der Waals surface area contributed by atoms with Crippen LogP contribution in [0, 0.1) is 20.8 Å². The fraction of sp³-hybridized carbons (Fsp3) is 0.263. The summed E-state index contributed by atoms with van der Waals surface area (Å²) in [5.41, 5.74) is 4.73. The summed E-state index contributed by atoms with van der Waals surface area (Å²) < 4.78 is 0. The van der Waals surface area contributed by atoms with Crippen LogP contribution in [0.1, 0.15) is 37.4 Å². The van der Waals surface area contributed by atoms with Gasteiger partial charge < -0.3 is 4.90 Å². The molecule has 0 unspecified atom stereocenters. The zero-order valence-electron chi connectivity index (χ0n) is 13.7. The van der Waals surface area contributed by atoms with Gasteiger partial charge in [0.15, 0.2) is 0 Å². The maximum atomic E-state index is 12.6. The van der Waals surface area contributed by atoms with Crippen molar-refractivity contribution in [3.05, 3.63) is 64.2 Å². The molecule has 0 aliphatic carbocycles. The average Bonchev–Trinajstić information content (AvgIpc) is 2.45. The number of hydrogen-bond donors (Lipinski definition) is 0. The van der Waals surface area contributed by atoms with Crippen LogP contribution in [0.15, 0.2) is 36.4 Å². The fourth-order valence-electron chi connectivity index (χ4n) is 2.69. The van der Waals surface area contributed by atoms with Gasteiger partial charge in [0.05, 0.1) is 0 Å². The van der Waals surface area contributed by atoms with Crippen LogP contribution in [0.2, 0.25) is 0 Å². The highest BCUT2D eigenvalue weighted by molar-refractivity contribution is 6.49. The number of anilines is 1. The van der Waals surface area contributed by atoms with E-state index in [9.17, 15) is 9.59 Å². The molecule has 2 aromatic rings. The molecule has 0 heterocycles. The lowest BCUT2D eigenvalue weighted by atomic mass is 9.92. The second-order valence-corrected chi connectivity index (χ2v) is 5.87. The van der Waals surface area contributed by atoms with Crippen LogP contribution in [0.25, 0.3) is 0 Å². The molecule has 0 aliphatic heterocycles. The lowest BCUT2D eigenvalue weighted by Gasteiger charge is -2.13. The Balaban J connectivity index is 2.35. The predicted octanol–water partition coefficient (Wildman–Crippen LogP) is 3.74. The number of nitrogens with zero attached hydrogens (tertiary/aromatic N) is 1. The van der Waals surface area contributed by atoms with E-state index in [1.54, 1.807) is 12.1 Å². The first-order chi connectivity index (χ1) is 10.3. The summed E-state index contributed by atoms with van der Waals surface area (Å²) in [6.07, 6.45) is 0. The van der Waals surface area contributed by atoms with Gasteiger partial charge in [0.2, 0.25) is 11.6 Å². The number of benzene rings is 2. The molecule has 3 heteroatoms. The zero-order valence-corrected chi connectivity index (χ0v) is 13.7. The number of ketones is 2. The van der Waals surface area contributed by atoms with Crippen molar-refractivity contribution in [3.8, 4) is 0 Å². The Labute approximate surface area is 131 Å². The van der Waals surface area contributed by atoms with E-state index in [0.717, 1.165) is 22.4 Å². The highest BCUT2D eigenvalue weighted by Gasteiger charge is 2.22. The summed E-state index contributed by atoms with van der Waals surface area (Å²) >= 11 is 0. The molecular weight excluding hydrogens is 274 g/mol. The van der Waals surface area contributed by atoms with E-state index in [1.165, 1.54) is 0 Å². The summed E-state index contributed by atoms with van der Waals surface area (Å²) in [7, 11) is 3.86. The summed E-state index contributed by atoms with van der Waals surface area (Å²) in [6.45, 7) is 5.72. The van der Waals surface area contributed by atoms with Crippen LogP contribution in [0.3, 0.4) is 0 Å². The molecule has 22 heavy (non-hydrogen) atoms. The van der Waals surface area contributed by atoms with E-state index < -0.39 is 11.6 Å². The second-order valence-electron chi connectivity index (χ2n) is 5.87. The van der Waals surface area contributed by atoms with E-state index >= 15 is 0 Å². The second kappa shape index (κ2) is 6.14. The van der Waals surface area contributed by atoms with E-state index in [1.807, 2.05) is 64.0 Å². The smallest absolute Gasteiger partial charge is 0.234 e. The lowest BCUT2D eigenvalue weighted by Crippen LogP contribution is -2.17. The van der Waals surface area contributed by atoms with Crippen molar-refractivity contribution in [3.63, 3.8) is 0 Å². The highest BCUT2D eigenvalue weighted by atomic mass is 16.2. The Bertz CT molecular complexity index is 705. The van der Waals surface area contributed by atoms with Gasteiger partial charge in [-0.1, -0.05) is 17.7 Å². The van der Waals surface area contributed by atoms with Gasteiger partial charge in [0.1, 0.15) is 0 Å². The molecular formula is C19H21NO2. The largest absolute Gasteiger partial charge is 0.378 e. The van der Waals surface area contributed by atoms with Crippen molar-refractivity contribution in [1.29, 1.82) is 0 Å². The Kier molecular flexibility index (Phi) is 4.45. The normalized spacial score (nSPS) is 10.4. The number of hydrogen-bond acceptors (Lipinski definition) is 3. The van der Waals surface area contributed by atoms with Crippen molar-refractivity contribution >= 4 is 17.3 Å². The van der Waals surface area contributed by atoms with E-state index in [-0.39, 0.29) is 0 Å². The maximum Gasteiger partial charge on any atom is 0.234 e. The molecule has 0 aromatic heterocycles. The highest BCUT2D eigenvalue weighted by Crippen LogP contribution is 2.20. The van der Waals surface area contributed by atoms with Crippen molar-refractivity contribution in [2.45, 2.75) is 20.8 Å². The van der Waals surface area contributed by atoms with E-state index in [2.05, 4.69) is 0 Å². The summed E-state index contributed by atoms with van der Waals surface area (Å²) in [5.74, 6) is -0.895. The number of carbonyl (C=O) groups is 2. The third kappa shape index (κ3) is 3.08. The van der Waals surface area contributed by atoms with Crippen molar-refractivity contribution in [2.75, 3.05) is 19.0 Å². The number of rotatable bonds is 4. The molecule has 0 atom stereocenters. The van der Waals surface area contributed by atoms with E-state index in [0.29, 0.717) is 11.1 Å². The van der Waals surface area contributed by atoms with Crippen LogP contribution in [0.5, 0.6) is 0 Å². The van der Waals surface area contributed by atoms with Gasteiger partial charge in [-0.15, -0.1) is 0 Å². The Morgan fingerprint density at radius 3 is 1.77 bits per heavy atom. The first kappa shape index (κ1) is 16.0. The molecule has 0 amide bonds. The minimum absolute atomic E-state index is 0.426. The van der Waals surface area contributed by atoms with Crippen LogP contribution < -0.4 is 4.90 Å². The molecule has 0 spiro atoms. The molecule has 0 N–H and O–H groups in total. The number of carbonyl (C=O) groups excluding carboxylic acids is 2. The molecule has 114 valence electrons. The molecule has 0 fully saturated rings. The monoisotopic (exact) mass is 295 g/mol. The molecule has 2 rings (SSSR count). The molecule has 2 aromatic carbocycles. The predicted molar refractivity (Wildman–Crippen MR) is 90.1 cm³/mol. The summed E-state index contributed by atoms with van der Waals surface area (Å²) in [5, 5.41) is 0. The molecule has 3 nitrogen and oxygen atoms in total. The quantitative estimate of drug-likeness (QED) is 0.637. The fourth-order valence-corrected chi connectivity index (χ4v) is 2.69. The van der Waals surface area contributed by atoms with Gasteiger partial charge in [-0.05, 0) is 56.2 Å². The van der Waals surface area contributed by atoms with E-state index in [4.69, 9.17) is 0 Å². The lowest BCUT2D eigenvalue weighted by molar-refractivity contribution is 0.0816. The minimum atomic E-state index is -0.458. The Hall–Kier alpha value is -2.42. The van der Waals surface area contributed by atoms with Gasteiger partial charge in [-0.3, -0.25) is 9.59 Å². The molecule has 0 saturated carbocycles. The molecule has 0 bridgehead atoms. The van der Waals surface area contributed by atoms with Crippen molar-refractivity contribution in [1.82, 2.24) is 0 Å². The first-order valence-electron chi connectivity index (χ1n) is 7.25.